The molecule has 0 radical (unpaired) electrons. The molecule has 41 heavy (non-hydrogen) atoms. The quantitative estimate of drug-likeness (QED) is 0.336. The van der Waals surface area contributed by atoms with Gasteiger partial charge in [0, 0.05) is 18.1 Å². The Morgan fingerprint density at radius 1 is 0.976 bits per heavy atom. The molecule has 4 aliphatic rings. The average molecular weight is 580 g/mol. The van der Waals surface area contributed by atoms with Crippen molar-refractivity contribution >= 4 is 11.9 Å². The maximum Gasteiger partial charge on any atom is 0.586 e. The zero-order valence-electron chi connectivity index (χ0n) is 22.2. The van der Waals surface area contributed by atoms with Crippen molar-refractivity contribution in [2.45, 2.75) is 75.4 Å². The molecule has 2 saturated carbocycles. The second-order valence-electron chi connectivity index (χ2n) is 11.0. The third kappa shape index (κ3) is 5.36. The van der Waals surface area contributed by atoms with Crippen LogP contribution in [-0.2, 0) is 19.7 Å². The van der Waals surface area contributed by atoms with Crippen LogP contribution in [0, 0.1) is 11.8 Å². The Balaban J connectivity index is 1.23. The van der Waals surface area contributed by atoms with Crippen molar-refractivity contribution in [3.05, 3.63) is 47.5 Å². The van der Waals surface area contributed by atoms with Crippen LogP contribution in [0.4, 0.5) is 17.6 Å². The lowest BCUT2D eigenvalue weighted by Gasteiger charge is -2.39. The van der Waals surface area contributed by atoms with Gasteiger partial charge in [0.2, 0.25) is 5.91 Å². The van der Waals surface area contributed by atoms with Crippen molar-refractivity contribution in [3.63, 3.8) is 0 Å². The minimum Gasteiger partial charge on any atom is -0.490 e. The first-order valence-corrected chi connectivity index (χ1v) is 13.6. The molecule has 2 aromatic rings. The first kappa shape index (κ1) is 27.5. The Bertz CT molecular complexity index is 1340. The Morgan fingerprint density at radius 2 is 1.71 bits per heavy atom. The third-order valence-corrected chi connectivity index (χ3v) is 8.61. The molecule has 0 saturated heterocycles. The highest BCUT2D eigenvalue weighted by Crippen LogP contribution is 2.53. The summed E-state index contributed by atoms with van der Waals surface area (Å²) in [5.74, 6) is -0.554. The standard InChI is InChI=1S/C29H29F4NO7/c1-37-25(35)16-4-2-15(3-5-16)22-14-20(19-8-7-18(38-27(30)31)13-23(19)39-22)34-26(36)28(10-11-28)17-6-9-21-24(12-17)41-29(32,33)40-21/h6-9,12-13,15-16,20,22,27H,2-5,10-11,14H2,1H3,(H,34,36)/t15-,16-,20-,22-/m1/s1. The van der Waals surface area contributed by atoms with Gasteiger partial charge in [0.25, 0.3) is 0 Å². The summed E-state index contributed by atoms with van der Waals surface area (Å²) in [6, 6.07) is 8.28. The number of ether oxygens (including phenoxy) is 5. The molecule has 12 heteroatoms. The fourth-order valence-corrected chi connectivity index (χ4v) is 6.28. The van der Waals surface area contributed by atoms with E-state index in [1.54, 1.807) is 12.1 Å². The van der Waals surface area contributed by atoms with Crippen LogP contribution in [0.3, 0.4) is 0 Å². The Morgan fingerprint density at radius 3 is 2.39 bits per heavy atom. The summed E-state index contributed by atoms with van der Waals surface area (Å²) in [7, 11) is 1.37. The fourth-order valence-electron chi connectivity index (χ4n) is 6.28. The number of hydrogen-bond acceptors (Lipinski definition) is 7. The van der Waals surface area contributed by atoms with E-state index in [0.717, 1.165) is 0 Å². The SMILES string of the molecule is COC(=O)[C@H]1CC[C@H]([C@H]2C[C@@H](NC(=O)C3(c4ccc5c(c4)OC(F)(F)O5)CC3)c3ccc(OC(F)F)cc3O2)CC1. The summed E-state index contributed by atoms with van der Waals surface area (Å²) in [5, 5.41) is 3.12. The first-order valence-electron chi connectivity index (χ1n) is 13.6. The van der Waals surface area contributed by atoms with Gasteiger partial charge in [-0.05, 0) is 74.3 Å². The molecule has 1 amide bonds. The molecule has 2 atom stereocenters. The largest absolute Gasteiger partial charge is 0.586 e. The number of alkyl halides is 4. The van der Waals surface area contributed by atoms with Crippen LogP contribution in [0.15, 0.2) is 36.4 Å². The van der Waals surface area contributed by atoms with Gasteiger partial charge in [-0.1, -0.05) is 6.07 Å². The molecule has 2 aliphatic carbocycles. The van der Waals surface area contributed by atoms with E-state index in [-0.39, 0.29) is 47.1 Å². The van der Waals surface area contributed by atoms with Crippen molar-refractivity contribution in [3.8, 4) is 23.0 Å². The fraction of sp³-hybridized carbons (Fsp3) is 0.517. The van der Waals surface area contributed by atoms with Crippen LogP contribution in [0.2, 0.25) is 0 Å². The first-order chi connectivity index (χ1) is 19.6. The zero-order chi connectivity index (χ0) is 28.9. The summed E-state index contributed by atoms with van der Waals surface area (Å²) >= 11 is 0. The van der Waals surface area contributed by atoms with E-state index < -0.39 is 24.4 Å². The van der Waals surface area contributed by atoms with Gasteiger partial charge in [-0.2, -0.15) is 8.78 Å². The van der Waals surface area contributed by atoms with E-state index in [2.05, 4.69) is 19.5 Å². The highest BCUT2D eigenvalue weighted by Gasteiger charge is 2.53. The molecule has 0 bridgehead atoms. The van der Waals surface area contributed by atoms with E-state index in [1.807, 2.05) is 0 Å². The lowest BCUT2D eigenvalue weighted by Crippen LogP contribution is -2.43. The molecule has 2 aromatic carbocycles. The number of esters is 1. The van der Waals surface area contributed by atoms with E-state index in [1.165, 1.54) is 31.4 Å². The topological polar surface area (TPSA) is 92.3 Å². The Labute approximate surface area is 233 Å². The molecule has 1 N–H and O–H groups in total. The molecular weight excluding hydrogens is 550 g/mol. The van der Waals surface area contributed by atoms with Crippen molar-refractivity contribution in [1.82, 2.24) is 5.32 Å². The maximum atomic E-state index is 13.7. The second kappa shape index (κ2) is 10.3. The van der Waals surface area contributed by atoms with Gasteiger partial charge in [-0.3, -0.25) is 9.59 Å². The number of halogens is 4. The average Bonchev–Trinajstić information content (AvgIpc) is 3.69. The Hall–Kier alpha value is -3.70. The summed E-state index contributed by atoms with van der Waals surface area (Å²) in [5.41, 5.74) is 0.253. The number of nitrogens with one attached hydrogen (secondary N) is 1. The smallest absolute Gasteiger partial charge is 0.490 e. The third-order valence-electron chi connectivity index (χ3n) is 8.61. The minimum absolute atomic E-state index is 0.0605. The van der Waals surface area contributed by atoms with Gasteiger partial charge in [0.15, 0.2) is 11.5 Å². The van der Waals surface area contributed by atoms with Crippen molar-refractivity contribution < 1.29 is 50.8 Å². The maximum absolute atomic E-state index is 13.7. The van der Waals surface area contributed by atoms with Crippen LogP contribution in [0.5, 0.6) is 23.0 Å². The highest BCUT2D eigenvalue weighted by atomic mass is 19.3. The molecule has 8 nitrogen and oxygen atoms in total. The molecule has 0 aromatic heterocycles. The number of carbonyl (C=O) groups is 2. The normalized spacial score (nSPS) is 26.9. The lowest BCUT2D eigenvalue weighted by atomic mass is 9.76. The second-order valence-corrected chi connectivity index (χ2v) is 11.0. The van der Waals surface area contributed by atoms with Crippen LogP contribution >= 0.6 is 0 Å². The van der Waals surface area contributed by atoms with E-state index in [9.17, 15) is 27.2 Å². The van der Waals surface area contributed by atoms with Crippen molar-refractivity contribution in [2.24, 2.45) is 11.8 Å². The number of hydrogen-bond donors (Lipinski definition) is 1. The summed E-state index contributed by atoms with van der Waals surface area (Å²) in [6.45, 7) is -3.01. The Kier molecular flexibility index (Phi) is 6.89. The highest BCUT2D eigenvalue weighted by molar-refractivity contribution is 5.92. The van der Waals surface area contributed by atoms with E-state index in [0.29, 0.717) is 61.8 Å². The summed E-state index contributed by atoms with van der Waals surface area (Å²) in [4.78, 5) is 25.7. The van der Waals surface area contributed by atoms with E-state index in [4.69, 9.17) is 9.47 Å². The van der Waals surface area contributed by atoms with Gasteiger partial charge in [0.1, 0.15) is 17.6 Å². The van der Waals surface area contributed by atoms with Crippen LogP contribution in [0.1, 0.15) is 62.1 Å². The van der Waals surface area contributed by atoms with Gasteiger partial charge >= 0.3 is 18.9 Å². The molecular formula is C29H29F4NO7. The van der Waals surface area contributed by atoms with Crippen molar-refractivity contribution in [1.29, 1.82) is 0 Å². The molecule has 2 fully saturated rings. The zero-order valence-corrected chi connectivity index (χ0v) is 22.2. The van der Waals surface area contributed by atoms with Gasteiger partial charge < -0.3 is 29.0 Å². The van der Waals surface area contributed by atoms with Crippen LogP contribution in [0.25, 0.3) is 0 Å². The van der Waals surface area contributed by atoms with Gasteiger partial charge in [-0.25, -0.2) is 0 Å². The van der Waals surface area contributed by atoms with Gasteiger partial charge in [0.05, 0.1) is 24.5 Å². The number of benzene rings is 2. The van der Waals surface area contributed by atoms with Gasteiger partial charge in [-0.15, -0.1) is 8.78 Å². The molecule has 6 rings (SSSR count). The van der Waals surface area contributed by atoms with Crippen LogP contribution < -0.4 is 24.3 Å². The number of carbonyl (C=O) groups excluding carboxylic acids is 2. The number of fused-ring (bicyclic) bond motifs is 2. The summed E-state index contributed by atoms with van der Waals surface area (Å²) < 4.78 is 77.7. The number of amides is 1. The molecule has 0 unspecified atom stereocenters. The van der Waals surface area contributed by atoms with Crippen molar-refractivity contribution in [2.75, 3.05) is 7.11 Å². The predicted molar refractivity (Wildman–Crippen MR) is 134 cm³/mol. The molecule has 0 spiro atoms. The number of rotatable bonds is 7. The van der Waals surface area contributed by atoms with Crippen LogP contribution in [-0.4, -0.2) is 38.0 Å². The monoisotopic (exact) mass is 579 g/mol. The molecule has 2 heterocycles. The molecule has 2 aliphatic heterocycles. The molecule has 220 valence electrons. The summed E-state index contributed by atoms with van der Waals surface area (Å²) in [6.07, 6.45) is 0.0770. The minimum atomic E-state index is -3.76. The number of methoxy groups -OCH3 is 1. The predicted octanol–water partition coefficient (Wildman–Crippen LogP) is 5.63. The lowest BCUT2D eigenvalue weighted by molar-refractivity contribution is -0.286. The van der Waals surface area contributed by atoms with E-state index >= 15 is 0 Å².